The highest BCUT2D eigenvalue weighted by molar-refractivity contribution is 9.10. The third-order valence-corrected chi connectivity index (χ3v) is 5.31. The zero-order chi connectivity index (χ0) is 14.5. The van der Waals surface area contributed by atoms with Crippen LogP contribution in [0, 0.1) is 16.0 Å². The molecule has 2 aliphatic carbocycles. The van der Waals surface area contributed by atoms with Gasteiger partial charge >= 0.3 is 0 Å². The van der Waals surface area contributed by atoms with Crippen LogP contribution in [0.25, 0.3) is 0 Å². The van der Waals surface area contributed by atoms with Crippen LogP contribution < -0.4 is 0 Å². The summed E-state index contributed by atoms with van der Waals surface area (Å²) in [5.74, 6) is -1.37. The Morgan fingerprint density at radius 2 is 2.10 bits per heavy atom. The van der Waals surface area contributed by atoms with Crippen molar-refractivity contribution in [3.8, 4) is 0 Å². The van der Waals surface area contributed by atoms with Gasteiger partial charge in [0.05, 0.1) is 5.92 Å². The Hall–Kier alpha value is -1.27. The molecule has 0 aromatic heterocycles. The molecule has 2 aliphatic rings. The van der Waals surface area contributed by atoms with Crippen molar-refractivity contribution in [2.24, 2.45) is 5.92 Å². The summed E-state index contributed by atoms with van der Waals surface area (Å²) in [5, 5.41) is 22.0. The number of fused-ring (bicyclic) bond motifs is 2. The van der Waals surface area contributed by atoms with E-state index in [1.54, 1.807) is 12.1 Å². The van der Waals surface area contributed by atoms with E-state index in [0.717, 1.165) is 10.0 Å². The molecule has 2 fully saturated rings. The Kier molecular flexibility index (Phi) is 3.17. The smallest absolute Gasteiger partial charge is 0.255 e. The van der Waals surface area contributed by atoms with Crippen molar-refractivity contribution < 1.29 is 14.8 Å². The Labute approximate surface area is 124 Å². The molecular weight excluding hydrogens is 326 g/mol. The Balaban J connectivity index is 2.16. The number of carbonyl (C=O) groups is 1. The molecule has 5 nitrogen and oxygen atoms in total. The topological polar surface area (TPSA) is 80.4 Å². The van der Waals surface area contributed by atoms with E-state index < -0.39 is 28.4 Å². The fourth-order valence-electron chi connectivity index (χ4n) is 3.76. The van der Waals surface area contributed by atoms with Crippen molar-refractivity contribution in [3.05, 3.63) is 44.4 Å². The van der Waals surface area contributed by atoms with Crippen molar-refractivity contribution in [2.75, 3.05) is 0 Å². The van der Waals surface area contributed by atoms with Gasteiger partial charge in [0.15, 0.2) is 11.4 Å². The first-order chi connectivity index (χ1) is 9.47. The first-order valence-corrected chi connectivity index (χ1v) is 7.40. The molecule has 0 saturated heterocycles. The summed E-state index contributed by atoms with van der Waals surface area (Å²) in [6.07, 6.45) is 1.45. The van der Waals surface area contributed by atoms with Gasteiger partial charge in [-0.1, -0.05) is 34.1 Å². The summed E-state index contributed by atoms with van der Waals surface area (Å²) >= 11 is 3.40. The van der Waals surface area contributed by atoms with E-state index in [1.807, 2.05) is 12.1 Å². The van der Waals surface area contributed by atoms with Crippen LogP contribution in [0.4, 0.5) is 0 Å². The second kappa shape index (κ2) is 4.63. The van der Waals surface area contributed by atoms with Gasteiger partial charge in [-0.3, -0.25) is 14.9 Å². The molecule has 0 amide bonds. The van der Waals surface area contributed by atoms with Crippen LogP contribution in [0.5, 0.6) is 0 Å². The lowest BCUT2D eigenvalue weighted by Gasteiger charge is -2.25. The van der Waals surface area contributed by atoms with Crippen LogP contribution >= 0.6 is 15.9 Å². The van der Waals surface area contributed by atoms with Crippen LogP contribution in [0.3, 0.4) is 0 Å². The van der Waals surface area contributed by atoms with Gasteiger partial charge in [-0.2, -0.15) is 0 Å². The second-order valence-electron chi connectivity index (χ2n) is 5.56. The number of benzene rings is 1. The highest BCUT2D eigenvalue weighted by Gasteiger charge is 2.68. The number of nitrogens with zero attached hydrogens (tertiary/aromatic N) is 1. The Morgan fingerprint density at radius 1 is 1.40 bits per heavy atom. The first-order valence-electron chi connectivity index (χ1n) is 6.61. The predicted molar refractivity (Wildman–Crippen MR) is 75.0 cm³/mol. The number of Topliss-reactive ketones (excluding diaryl/α,β-unsaturated/α-hetero) is 1. The molecule has 0 radical (unpaired) electrons. The maximum Gasteiger partial charge on any atom is 0.255 e. The minimum Gasteiger partial charge on any atom is -0.376 e. The first kappa shape index (κ1) is 13.7. The van der Waals surface area contributed by atoms with E-state index in [9.17, 15) is 20.0 Å². The van der Waals surface area contributed by atoms with Crippen molar-refractivity contribution in [1.82, 2.24) is 0 Å². The maximum absolute atomic E-state index is 12.3. The molecule has 106 valence electrons. The third kappa shape index (κ3) is 1.74. The molecule has 0 aliphatic heterocycles. The number of carbonyl (C=O) groups excluding carboxylic acids is 1. The number of ketones is 1. The van der Waals surface area contributed by atoms with Crippen LogP contribution in [0.15, 0.2) is 28.7 Å². The average molecular weight is 340 g/mol. The largest absolute Gasteiger partial charge is 0.376 e. The average Bonchev–Trinajstić information content (AvgIpc) is 2.54. The molecule has 1 N–H and O–H groups in total. The molecule has 0 unspecified atom stereocenters. The zero-order valence-corrected chi connectivity index (χ0v) is 12.2. The van der Waals surface area contributed by atoms with Crippen LogP contribution in [0.2, 0.25) is 0 Å². The summed E-state index contributed by atoms with van der Waals surface area (Å²) in [7, 11) is 0. The van der Waals surface area contributed by atoms with Gasteiger partial charge in [-0.05, 0) is 30.9 Å². The van der Waals surface area contributed by atoms with Gasteiger partial charge in [0.2, 0.25) is 0 Å². The van der Waals surface area contributed by atoms with E-state index in [0.29, 0.717) is 12.8 Å². The molecule has 2 saturated carbocycles. The lowest BCUT2D eigenvalue weighted by atomic mass is 9.82. The molecule has 2 bridgehead atoms. The SMILES string of the molecule is O=C1[C@H]2CCC[C@]1(O)[C@@H]([N+](=O)[O-])[C@H]2c1ccccc1Br. The molecule has 0 spiro atoms. The third-order valence-electron chi connectivity index (χ3n) is 4.59. The highest BCUT2D eigenvalue weighted by atomic mass is 79.9. The zero-order valence-electron chi connectivity index (χ0n) is 10.7. The highest BCUT2D eigenvalue weighted by Crippen LogP contribution is 2.52. The lowest BCUT2D eigenvalue weighted by molar-refractivity contribution is -0.542. The molecule has 6 heteroatoms. The second-order valence-corrected chi connectivity index (χ2v) is 6.42. The minimum absolute atomic E-state index is 0.189. The van der Waals surface area contributed by atoms with Gasteiger partial charge in [-0.15, -0.1) is 0 Å². The van der Waals surface area contributed by atoms with E-state index in [2.05, 4.69) is 15.9 Å². The summed E-state index contributed by atoms with van der Waals surface area (Å²) in [4.78, 5) is 23.3. The number of nitro groups is 1. The normalized spacial score (nSPS) is 36.1. The van der Waals surface area contributed by atoms with Crippen molar-refractivity contribution in [1.29, 1.82) is 0 Å². The van der Waals surface area contributed by atoms with Crippen LogP contribution in [0.1, 0.15) is 30.7 Å². The van der Waals surface area contributed by atoms with Gasteiger partial charge in [0.25, 0.3) is 6.04 Å². The van der Waals surface area contributed by atoms with Gasteiger partial charge in [-0.25, -0.2) is 0 Å². The van der Waals surface area contributed by atoms with E-state index >= 15 is 0 Å². The summed E-state index contributed by atoms with van der Waals surface area (Å²) < 4.78 is 0.751. The number of hydrogen-bond donors (Lipinski definition) is 1. The minimum atomic E-state index is -1.80. The summed E-state index contributed by atoms with van der Waals surface area (Å²) in [6.45, 7) is 0. The molecule has 20 heavy (non-hydrogen) atoms. The van der Waals surface area contributed by atoms with Crippen molar-refractivity contribution in [3.63, 3.8) is 0 Å². The summed E-state index contributed by atoms with van der Waals surface area (Å²) in [5.41, 5.74) is -1.06. The molecule has 0 heterocycles. The van der Waals surface area contributed by atoms with Crippen LogP contribution in [-0.4, -0.2) is 27.5 Å². The number of rotatable bonds is 2. The van der Waals surface area contributed by atoms with Crippen molar-refractivity contribution in [2.45, 2.75) is 36.8 Å². The maximum atomic E-state index is 12.3. The Bertz CT molecular complexity index is 590. The molecule has 1 aromatic rings. The number of halogens is 1. The molecule has 4 atom stereocenters. The molecule has 3 rings (SSSR count). The fourth-order valence-corrected chi connectivity index (χ4v) is 4.31. The van der Waals surface area contributed by atoms with Crippen molar-refractivity contribution >= 4 is 21.7 Å². The number of hydrogen-bond acceptors (Lipinski definition) is 4. The van der Waals surface area contributed by atoms with Crippen LogP contribution in [-0.2, 0) is 4.79 Å². The standard InChI is InChI=1S/C14H14BrNO4/c15-10-6-2-1-4-8(10)11-9-5-3-7-14(18,13(9)17)12(11)16(19)20/h1-2,4,6,9,11-12,18H,3,5,7H2/t9-,11-,12-,14-/m0/s1. The quantitative estimate of drug-likeness (QED) is 0.662. The monoisotopic (exact) mass is 339 g/mol. The molecular formula is C14H14BrNO4. The van der Waals surface area contributed by atoms with Gasteiger partial charge < -0.3 is 5.11 Å². The fraction of sp³-hybridized carbons (Fsp3) is 0.500. The van der Waals surface area contributed by atoms with E-state index in [-0.39, 0.29) is 12.2 Å². The predicted octanol–water partition coefficient (Wildman–Crippen LogP) is 2.29. The number of aliphatic hydroxyl groups is 1. The lowest BCUT2D eigenvalue weighted by Crippen LogP contribution is -2.49. The summed E-state index contributed by atoms with van der Waals surface area (Å²) in [6, 6.07) is 5.98. The Morgan fingerprint density at radius 3 is 2.75 bits per heavy atom. The van der Waals surface area contributed by atoms with E-state index in [4.69, 9.17) is 0 Å². The van der Waals surface area contributed by atoms with E-state index in [1.165, 1.54) is 0 Å². The van der Waals surface area contributed by atoms with Gasteiger partial charge in [0.1, 0.15) is 0 Å². The van der Waals surface area contributed by atoms with Gasteiger partial charge in [0, 0.05) is 15.3 Å². The molecule has 1 aromatic carbocycles.